The molecule has 0 bridgehead atoms. The molecule has 1 unspecified atom stereocenters. The zero-order valence-corrected chi connectivity index (χ0v) is 12.1. The Balaban J connectivity index is 2.11. The number of amides is 1. The van der Waals surface area contributed by atoms with Gasteiger partial charge in [0.1, 0.15) is 5.76 Å². The minimum Gasteiger partial charge on any atom is -0.469 e. The van der Waals surface area contributed by atoms with E-state index in [1.54, 1.807) is 13.0 Å². The maximum absolute atomic E-state index is 12.2. The molecule has 0 saturated heterocycles. The highest BCUT2D eigenvalue weighted by atomic mass is 16.3. The molecular formula is C17H18N2O2. The van der Waals surface area contributed by atoms with Crippen LogP contribution in [0, 0.1) is 18.8 Å². The molecule has 0 saturated carbocycles. The third-order valence-electron chi connectivity index (χ3n) is 3.17. The fourth-order valence-corrected chi connectivity index (χ4v) is 2.02. The molecule has 1 atom stereocenters. The number of furan rings is 1. The summed E-state index contributed by atoms with van der Waals surface area (Å²) in [5, 5.41) is 2.95. The quantitative estimate of drug-likeness (QED) is 0.849. The molecule has 1 aromatic heterocycles. The number of carbonyl (C=O) groups excluding carboxylic acids is 1. The zero-order valence-electron chi connectivity index (χ0n) is 12.1. The molecule has 3 N–H and O–H groups in total. The van der Waals surface area contributed by atoms with E-state index in [2.05, 4.69) is 17.2 Å². The Hall–Kier alpha value is -2.51. The monoisotopic (exact) mass is 282 g/mol. The van der Waals surface area contributed by atoms with Crippen LogP contribution < -0.4 is 11.1 Å². The van der Waals surface area contributed by atoms with Gasteiger partial charge in [-0.2, -0.15) is 0 Å². The Bertz CT molecular complexity index is 692. The van der Waals surface area contributed by atoms with Crippen molar-refractivity contribution in [2.75, 3.05) is 6.54 Å². The van der Waals surface area contributed by atoms with Gasteiger partial charge in [-0.3, -0.25) is 4.79 Å². The molecule has 1 heterocycles. The zero-order chi connectivity index (χ0) is 15.2. The molecule has 0 fully saturated rings. The van der Waals surface area contributed by atoms with E-state index in [-0.39, 0.29) is 11.9 Å². The van der Waals surface area contributed by atoms with Crippen molar-refractivity contribution in [3.63, 3.8) is 0 Å². The second-order valence-electron chi connectivity index (χ2n) is 4.72. The second kappa shape index (κ2) is 6.78. The average molecular weight is 282 g/mol. The summed E-state index contributed by atoms with van der Waals surface area (Å²) in [7, 11) is 0. The highest BCUT2D eigenvalue weighted by Crippen LogP contribution is 2.16. The van der Waals surface area contributed by atoms with E-state index in [0.717, 1.165) is 11.1 Å². The van der Waals surface area contributed by atoms with Crippen molar-refractivity contribution in [1.82, 2.24) is 5.32 Å². The molecule has 1 aromatic carbocycles. The number of nitrogens with one attached hydrogen (secondary N) is 1. The van der Waals surface area contributed by atoms with Gasteiger partial charge >= 0.3 is 0 Å². The molecule has 0 aliphatic rings. The summed E-state index contributed by atoms with van der Waals surface area (Å²) in [6.45, 7) is 4.03. The van der Waals surface area contributed by atoms with Crippen LogP contribution in [-0.2, 0) is 0 Å². The Labute approximate surface area is 124 Å². The smallest absolute Gasteiger partial charge is 0.255 e. The van der Waals surface area contributed by atoms with Gasteiger partial charge in [-0.25, -0.2) is 0 Å². The molecule has 108 valence electrons. The van der Waals surface area contributed by atoms with E-state index in [1.807, 2.05) is 31.2 Å². The molecule has 0 aliphatic carbocycles. The number of rotatable bonds is 3. The van der Waals surface area contributed by atoms with E-state index in [1.165, 1.54) is 6.26 Å². The van der Waals surface area contributed by atoms with Crippen LogP contribution in [0.25, 0.3) is 0 Å². The van der Waals surface area contributed by atoms with Crippen molar-refractivity contribution in [3.05, 3.63) is 59.0 Å². The van der Waals surface area contributed by atoms with Gasteiger partial charge in [-0.05, 0) is 37.6 Å². The van der Waals surface area contributed by atoms with Crippen LogP contribution in [0.15, 0.2) is 41.0 Å². The van der Waals surface area contributed by atoms with E-state index in [0.29, 0.717) is 17.9 Å². The summed E-state index contributed by atoms with van der Waals surface area (Å²) in [5.74, 6) is 6.27. The highest BCUT2D eigenvalue weighted by Gasteiger charge is 2.15. The molecule has 2 aromatic rings. The molecule has 21 heavy (non-hydrogen) atoms. The van der Waals surface area contributed by atoms with Crippen molar-refractivity contribution in [2.24, 2.45) is 5.73 Å². The molecule has 4 heteroatoms. The third kappa shape index (κ3) is 3.74. The lowest BCUT2D eigenvalue weighted by atomic mass is 10.0. The largest absolute Gasteiger partial charge is 0.469 e. The van der Waals surface area contributed by atoms with Gasteiger partial charge in [0.05, 0.1) is 24.4 Å². The Morgan fingerprint density at radius 2 is 2.24 bits per heavy atom. The van der Waals surface area contributed by atoms with Crippen molar-refractivity contribution in [3.8, 4) is 11.8 Å². The van der Waals surface area contributed by atoms with Gasteiger partial charge < -0.3 is 15.5 Å². The number of hydrogen-bond donors (Lipinski definition) is 2. The van der Waals surface area contributed by atoms with Crippen molar-refractivity contribution >= 4 is 5.91 Å². The topological polar surface area (TPSA) is 68.3 Å². The standard InChI is InChI=1S/C17H18N2O2/c1-12(19-17(20)16-8-10-21-13(16)2)15-7-3-5-14(11-15)6-4-9-18/h3,5,7-8,10-12H,9,18H2,1-2H3,(H,19,20). The van der Waals surface area contributed by atoms with Crippen LogP contribution in [0.1, 0.15) is 40.2 Å². The summed E-state index contributed by atoms with van der Waals surface area (Å²) in [6.07, 6.45) is 1.51. The van der Waals surface area contributed by atoms with Gasteiger partial charge in [-0.1, -0.05) is 24.0 Å². The van der Waals surface area contributed by atoms with Gasteiger partial charge in [0.15, 0.2) is 0 Å². The van der Waals surface area contributed by atoms with E-state index in [9.17, 15) is 4.79 Å². The van der Waals surface area contributed by atoms with Crippen molar-refractivity contribution in [2.45, 2.75) is 19.9 Å². The summed E-state index contributed by atoms with van der Waals surface area (Å²) < 4.78 is 5.15. The minimum atomic E-state index is -0.146. The second-order valence-corrected chi connectivity index (χ2v) is 4.72. The molecule has 0 spiro atoms. The van der Waals surface area contributed by atoms with E-state index < -0.39 is 0 Å². The van der Waals surface area contributed by atoms with Crippen LogP contribution in [0.5, 0.6) is 0 Å². The van der Waals surface area contributed by atoms with Crippen LogP contribution in [-0.4, -0.2) is 12.5 Å². The third-order valence-corrected chi connectivity index (χ3v) is 3.17. The van der Waals surface area contributed by atoms with Gasteiger partial charge in [0.2, 0.25) is 0 Å². The lowest BCUT2D eigenvalue weighted by Crippen LogP contribution is -2.26. The first-order valence-electron chi connectivity index (χ1n) is 6.75. The fourth-order valence-electron chi connectivity index (χ4n) is 2.02. The van der Waals surface area contributed by atoms with Gasteiger partial charge in [0, 0.05) is 5.56 Å². The first-order valence-corrected chi connectivity index (χ1v) is 6.75. The Morgan fingerprint density at radius 3 is 2.90 bits per heavy atom. The average Bonchev–Trinajstić information content (AvgIpc) is 2.91. The number of nitrogens with two attached hydrogens (primary N) is 1. The van der Waals surface area contributed by atoms with Crippen LogP contribution in [0.3, 0.4) is 0 Å². The number of aryl methyl sites for hydroxylation is 1. The summed E-state index contributed by atoms with van der Waals surface area (Å²) in [5.41, 5.74) is 7.81. The lowest BCUT2D eigenvalue weighted by molar-refractivity contribution is 0.0938. The van der Waals surface area contributed by atoms with Crippen LogP contribution in [0.4, 0.5) is 0 Å². The van der Waals surface area contributed by atoms with E-state index in [4.69, 9.17) is 10.2 Å². The van der Waals surface area contributed by atoms with Gasteiger partial charge in [-0.15, -0.1) is 0 Å². The van der Waals surface area contributed by atoms with Crippen molar-refractivity contribution < 1.29 is 9.21 Å². The fraction of sp³-hybridized carbons (Fsp3) is 0.235. The molecule has 2 rings (SSSR count). The predicted octanol–water partition coefficient (Wildman–Crippen LogP) is 2.39. The molecule has 0 radical (unpaired) electrons. The van der Waals surface area contributed by atoms with Crippen LogP contribution in [0.2, 0.25) is 0 Å². The number of benzene rings is 1. The Kier molecular flexibility index (Phi) is 4.81. The van der Waals surface area contributed by atoms with Gasteiger partial charge in [0.25, 0.3) is 5.91 Å². The molecular weight excluding hydrogens is 264 g/mol. The first kappa shape index (κ1) is 14.9. The molecule has 1 amide bonds. The number of carbonyl (C=O) groups is 1. The lowest BCUT2D eigenvalue weighted by Gasteiger charge is -2.14. The van der Waals surface area contributed by atoms with E-state index >= 15 is 0 Å². The van der Waals surface area contributed by atoms with Crippen LogP contribution >= 0.6 is 0 Å². The number of hydrogen-bond acceptors (Lipinski definition) is 3. The highest BCUT2D eigenvalue weighted by molar-refractivity contribution is 5.95. The predicted molar refractivity (Wildman–Crippen MR) is 81.7 cm³/mol. The Morgan fingerprint density at radius 1 is 1.43 bits per heavy atom. The minimum absolute atomic E-state index is 0.119. The summed E-state index contributed by atoms with van der Waals surface area (Å²) >= 11 is 0. The summed E-state index contributed by atoms with van der Waals surface area (Å²) in [4.78, 5) is 12.2. The summed E-state index contributed by atoms with van der Waals surface area (Å²) in [6, 6.07) is 9.30. The maximum Gasteiger partial charge on any atom is 0.255 e. The SMILES string of the molecule is Cc1occc1C(=O)NC(C)c1cccc(C#CCN)c1. The van der Waals surface area contributed by atoms with Crippen molar-refractivity contribution in [1.29, 1.82) is 0 Å². The molecule has 4 nitrogen and oxygen atoms in total. The normalized spacial score (nSPS) is 11.4. The molecule has 0 aliphatic heterocycles. The first-order chi connectivity index (χ1) is 10.1. The maximum atomic E-state index is 12.2.